The van der Waals surface area contributed by atoms with Crippen molar-refractivity contribution in [3.63, 3.8) is 0 Å². The van der Waals surface area contributed by atoms with Gasteiger partial charge in [0, 0.05) is 16.6 Å². The number of nitrogens with two attached hydrogens (primary N) is 1. The van der Waals surface area contributed by atoms with E-state index in [0.29, 0.717) is 16.3 Å². The molecule has 0 unspecified atom stereocenters. The lowest BCUT2D eigenvalue weighted by Gasteiger charge is -2.08. The Balaban J connectivity index is 2.75. The molecule has 0 aliphatic heterocycles. The number of anilines is 1. The molecule has 78 valence electrons. The Morgan fingerprint density at radius 1 is 1.50 bits per heavy atom. The lowest BCUT2D eigenvalue weighted by Crippen LogP contribution is -1.95. The number of ether oxygens (including phenoxy) is 1. The topological polar surface area (TPSA) is 35.2 Å². The quantitative estimate of drug-likeness (QED) is 0.624. The zero-order valence-corrected chi connectivity index (χ0v) is 8.48. The standard InChI is InChI=1S/C9H11F2NOS/c1-13-7-4-6(12)2-3-8(7)14-5-9(10)11/h2-4,9H,5,12H2,1H3. The molecule has 0 aliphatic carbocycles. The molecule has 14 heavy (non-hydrogen) atoms. The summed E-state index contributed by atoms with van der Waals surface area (Å²) in [7, 11) is 1.49. The highest BCUT2D eigenvalue weighted by Crippen LogP contribution is 2.31. The minimum atomic E-state index is -2.32. The van der Waals surface area contributed by atoms with Crippen LogP contribution in [0.2, 0.25) is 0 Å². The van der Waals surface area contributed by atoms with Gasteiger partial charge < -0.3 is 10.5 Å². The van der Waals surface area contributed by atoms with Crippen molar-refractivity contribution < 1.29 is 13.5 Å². The van der Waals surface area contributed by atoms with Gasteiger partial charge in [-0.2, -0.15) is 0 Å². The number of methoxy groups -OCH3 is 1. The summed E-state index contributed by atoms with van der Waals surface area (Å²) < 4.78 is 28.9. The predicted octanol–water partition coefficient (Wildman–Crippen LogP) is 2.63. The molecule has 5 heteroatoms. The van der Waals surface area contributed by atoms with Gasteiger partial charge in [0.05, 0.1) is 12.9 Å². The van der Waals surface area contributed by atoms with Gasteiger partial charge in [-0.15, -0.1) is 11.8 Å². The molecular formula is C9H11F2NOS. The van der Waals surface area contributed by atoms with Crippen molar-refractivity contribution in [1.82, 2.24) is 0 Å². The summed E-state index contributed by atoms with van der Waals surface area (Å²) in [5.74, 6) is 0.302. The first-order valence-corrected chi connectivity index (χ1v) is 4.96. The van der Waals surface area contributed by atoms with E-state index in [0.717, 1.165) is 11.8 Å². The van der Waals surface area contributed by atoms with E-state index < -0.39 is 6.43 Å². The molecule has 0 atom stereocenters. The molecule has 0 spiro atoms. The van der Waals surface area contributed by atoms with Crippen LogP contribution >= 0.6 is 11.8 Å². The summed E-state index contributed by atoms with van der Waals surface area (Å²) in [6.07, 6.45) is -2.32. The van der Waals surface area contributed by atoms with Crippen molar-refractivity contribution in [3.8, 4) is 5.75 Å². The van der Waals surface area contributed by atoms with Crippen molar-refractivity contribution >= 4 is 17.4 Å². The lowest BCUT2D eigenvalue weighted by molar-refractivity contribution is 0.177. The number of hydrogen-bond donors (Lipinski definition) is 1. The second-order valence-corrected chi connectivity index (χ2v) is 3.67. The van der Waals surface area contributed by atoms with Crippen molar-refractivity contribution in [1.29, 1.82) is 0 Å². The van der Waals surface area contributed by atoms with Crippen molar-refractivity contribution in [3.05, 3.63) is 18.2 Å². The molecule has 2 nitrogen and oxygen atoms in total. The highest BCUT2D eigenvalue weighted by molar-refractivity contribution is 7.99. The molecule has 0 saturated heterocycles. The Morgan fingerprint density at radius 3 is 2.79 bits per heavy atom. The lowest BCUT2D eigenvalue weighted by atomic mass is 10.3. The fourth-order valence-corrected chi connectivity index (χ4v) is 1.71. The van der Waals surface area contributed by atoms with Crippen LogP contribution in [0, 0.1) is 0 Å². The molecule has 0 amide bonds. The molecule has 1 aromatic carbocycles. The molecule has 0 aliphatic rings. The average Bonchev–Trinajstić information content (AvgIpc) is 2.15. The van der Waals surface area contributed by atoms with E-state index in [1.165, 1.54) is 7.11 Å². The van der Waals surface area contributed by atoms with Crippen LogP contribution in [0.15, 0.2) is 23.1 Å². The third-order valence-corrected chi connectivity index (χ3v) is 2.62. The van der Waals surface area contributed by atoms with E-state index in [-0.39, 0.29) is 5.75 Å². The highest BCUT2D eigenvalue weighted by atomic mass is 32.2. The van der Waals surface area contributed by atoms with E-state index >= 15 is 0 Å². The second kappa shape index (κ2) is 5.05. The number of nitrogen functional groups attached to an aromatic ring is 1. The number of thioether (sulfide) groups is 1. The Morgan fingerprint density at radius 2 is 2.21 bits per heavy atom. The van der Waals surface area contributed by atoms with E-state index in [4.69, 9.17) is 10.5 Å². The maximum absolute atomic E-state index is 11.9. The van der Waals surface area contributed by atoms with Gasteiger partial charge in [-0.25, -0.2) is 8.78 Å². The number of benzene rings is 1. The zero-order chi connectivity index (χ0) is 10.6. The minimum Gasteiger partial charge on any atom is -0.496 e. The summed E-state index contributed by atoms with van der Waals surface area (Å²) in [6, 6.07) is 4.96. The fourth-order valence-electron chi connectivity index (χ4n) is 0.956. The van der Waals surface area contributed by atoms with E-state index in [2.05, 4.69) is 0 Å². The number of halogens is 2. The first-order chi connectivity index (χ1) is 6.63. The molecule has 0 heterocycles. The minimum absolute atomic E-state index is 0.236. The average molecular weight is 219 g/mol. The monoisotopic (exact) mass is 219 g/mol. The van der Waals surface area contributed by atoms with Gasteiger partial charge in [0.2, 0.25) is 6.43 Å². The largest absolute Gasteiger partial charge is 0.496 e. The third kappa shape index (κ3) is 3.06. The molecule has 1 rings (SSSR count). The van der Waals surface area contributed by atoms with Crippen molar-refractivity contribution in [2.75, 3.05) is 18.6 Å². The van der Waals surface area contributed by atoms with Crippen molar-refractivity contribution in [2.45, 2.75) is 11.3 Å². The molecule has 1 aromatic rings. The van der Waals surface area contributed by atoms with Crippen LogP contribution in [0.3, 0.4) is 0 Å². The molecule has 0 radical (unpaired) electrons. The Bertz CT molecular complexity index is 307. The molecule has 2 N–H and O–H groups in total. The molecule has 0 bridgehead atoms. The van der Waals surface area contributed by atoms with Gasteiger partial charge in [-0.3, -0.25) is 0 Å². The number of rotatable bonds is 4. The summed E-state index contributed by atoms with van der Waals surface area (Å²) in [6.45, 7) is 0. The molecule has 0 aromatic heterocycles. The van der Waals surface area contributed by atoms with Crippen LogP contribution in [0.1, 0.15) is 0 Å². The highest BCUT2D eigenvalue weighted by Gasteiger charge is 2.08. The first kappa shape index (κ1) is 11.1. The summed E-state index contributed by atoms with van der Waals surface area (Å²) >= 11 is 1.06. The van der Waals surface area contributed by atoms with Crippen LogP contribution in [0.25, 0.3) is 0 Å². The Hall–Kier alpha value is -0.970. The van der Waals surface area contributed by atoms with Crippen LogP contribution in [-0.2, 0) is 0 Å². The van der Waals surface area contributed by atoms with E-state index in [1.54, 1.807) is 18.2 Å². The van der Waals surface area contributed by atoms with Gasteiger partial charge in [0.15, 0.2) is 0 Å². The smallest absolute Gasteiger partial charge is 0.247 e. The van der Waals surface area contributed by atoms with Crippen LogP contribution in [0.5, 0.6) is 5.75 Å². The molecular weight excluding hydrogens is 208 g/mol. The first-order valence-electron chi connectivity index (χ1n) is 3.98. The van der Waals surface area contributed by atoms with Crippen LogP contribution in [-0.4, -0.2) is 19.3 Å². The summed E-state index contributed by atoms with van der Waals surface area (Å²) in [5, 5.41) is 0. The summed E-state index contributed by atoms with van der Waals surface area (Å²) in [5.41, 5.74) is 6.08. The normalized spacial score (nSPS) is 10.6. The SMILES string of the molecule is COc1cc(N)ccc1SCC(F)F. The Kier molecular flexibility index (Phi) is 4.00. The van der Waals surface area contributed by atoms with Gasteiger partial charge in [-0.1, -0.05) is 0 Å². The maximum atomic E-state index is 11.9. The van der Waals surface area contributed by atoms with Gasteiger partial charge in [0.25, 0.3) is 0 Å². The second-order valence-electron chi connectivity index (χ2n) is 2.61. The molecule has 0 saturated carbocycles. The number of hydrogen-bond acceptors (Lipinski definition) is 3. The summed E-state index contributed by atoms with van der Waals surface area (Å²) in [4.78, 5) is 0.682. The van der Waals surface area contributed by atoms with Crippen molar-refractivity contribution in [2.24, 2.45) is 0 Å². The zero-order valence-electron chi connectivity index (χ0n) is 7.67. The number of alkyl halides is 2. The van der Waals surface area contributed by atoms with E-state index in [1.807, 2.05) is 0 Å². The predicted molar refractivity (Wildman–Crippen MR) is 54.1 cm³/mol. The maximum Gasteiger partial charge on any atom is 0.247 e. The Labute approximate surface area is 85.4 Å². The molecule has 0 fully saturated rings. The third-order valence-electron chi connectivity index (χ3n) is 1.55. The van der Waals surface area contributed by atoms with Gasteiger partial charge >= 0.3 is 0 Å². The van der Waals surface area contributed by atoms with Crippen LogP contribution < -0.4 is 10.5 Å². The van der Waals surface area contributed by atoms with Gasteiger partial charge in [-0.05, 0) is 12.1 Å². The van der Waals surface area contributed by atoms with Crippen LogP contribution in [0.4, 0.5) is 14.5 Å². The van der Waals surface area contributed by atoms with Gasteiger partial charge in [0.1, 0.15) is 5.75 Å². The fraction of sp³-hybridized carbons (Fsp3) is 0.333. The van der Waals surface area contributed by atoms with E-state index in [9.17, 15) is 8.78 Å².